The third-order valence-electron chi connectivity index (χ3n) is 10.8. The molecular weight excluding hydrogens is 945 g/mol. The molecule has 0 spiro atoms. The van der Waals surface area contributed by atoms with Gasteiger partial charge in [-0.05, 0) is 43.0 Å². The fraction of sp³-hybridized carbons (Fsp3) is 0.0889. The van der Waals surface area contributed by atoms with Gasteiger partial charge in [0, 0.05) is 17.7 Å². The second kappa shape index (κ2) is 18.4. The van der Waals surface area contributed by atoms with E-state index in [1.165, 1.54) is 33.4 Å². The number of hydrogen-bond acceptors (Lipinski definition) is 0. The van der Waals surface area contributed by atoms with Crippen molar-refractivity contribution in [2.45, 2.75) is 27.3 Å². The Hall–Kier alpha value is -6.87. The Morgan fingerprint density at radius 3 is 0.866 bits per heavy atom. The summed E-state index contributed by atoms with van der Waals surface area (Å²) in [6, 6.07) is 19.5. The molecule has 0 aliphatic carbocycles. The summed E-state index contributed by atoms with van der Waals surface area (Å²) >= 11 is 0. The highest BCUT2D eigenvalue weighted by molar-refractivity contribution is 7.20. The number of pyridine rings is 1. The van der Waals surface area contributed by atoms with E-state index in [9.17, 15) is 52.7 Å². The van der Waals surface area contributed by atoms with Crippen LogP contribution < -0.4 is 26.4 Å². The van der Waals surface area contributed by atoms with Crippen LogP contribution >= 0.6 is 0 Å². The number of hydrogen-bond donors (Lipinski definition) is 0. The van der Waals surface area contributed by atoms with Gasteiger partial charge >= 0.3 is 0 Å². The summed E-state index contributed by atoms with van der Waals surface area (Å²) in [5.41, 5.74) is -6.34. The van der Waals surface area contributed by atoms with Crippen molar-refractivity contribution >= 4 is 28.0 Å². The van der Waals surface area contributed by atoms with Crippen LogP contribution in [-0.2, 0) is 6.54 Å². The van der Waals surface area contributed by atoms with Crippen LogP contribution in [0.3, 0.4) is 0 Å². The molecule has 0 saturated heterocycles. The third kappa shape index (κ3) is 8.02. The fourth-order valence-corrected chi connectivity index (χ4v) is 8.03. The van der Waals surface area contributed by atoms with Crippen LogP contribution in [-0.4, -0.2) is 6.15 Å². The summed E-state index contributed by atoms with van der Waals surface area (Å²) in [7, 11) is 0. The number of nitrogens with zero attached hydrogens (tertiary/aromatic N) is 1. The summed E-state index contributed by atoms with van der Waals surface area (Å²) in [4.78, 5) is 0. The van der Waals surface area contributed by atoms with Crippen molar-refractivity contribution in [3.8, 4) is 11.1 Å². The van der Waals surface area contributed by atoms with Crippen molar-refractivity contribution in [2.24, 2.45) is 0 Å². The monoisotopic (exact) mass is 967 g/mol. The number of benzene rings is 6. The van der Waals surface area contributed by atoms with Gasteiger partial charge in [-0.1, -0.05) is 48.0 Å². The number of rotatable bonds is 7. The van der Waals surface area contributed by atoms with Crippen molar-refractivity contribution < 1.29 is 92.4 Å². The molecule has 0 fully saturated rings. The minimum absolute atomic E-state index is 0.910. The topological polar surface area (TPSA) is 3.88 Å². The highest BCUT2D eigenvalue weighted by Crippen LogP contribution is 2.31. The number of aryl methyl sites for hydroxylation is 3. The van der Waals surface area contributed by atoms with Crippen LogP contribution in [0.25, 0.3) is 11.1 Å². The second-order valence-electron chi connectivity index (χ2n) is 14.8. The maximum absolute atomic E-state index is 15.4. The Morgan fingerprint density at radius 1 is 0.343 bits per heavy atom. The molecule has 0 aliphatic rings. The van der Waals surface area contributed by atoms with Gasteiger partial charge in [0.05, 0.1) is 0 Å². The molecule has 0 atom stereocenters. The average molecular weight is 967 g/mol. The van der Waals surface area contributed by atoms with E-state index >= 15 is 35.1 Å². The molecule has 1 nitrogen and oxygen atoms in total. The van der Waals surface area contributed by atoms with Crippen molar-refractivity contribution in [3.63, 3.8) is 0 Å². The number of halogens is 20. The highest BCUT2D eigenvalue weighted by Gasteiger charge is 2.52. The molecule has 0 unspecified atom stereocenters. The van der Waals surface area contributed by atoms with Crippen molar-refractivity contribution in [2.75, 3.05) is 0 Å². The van der Waals surface area contributed by atoms with E-state index < -0.39 is 144 Å². The lowest BCUT2D eigenvalue weighted by atomic mass is 9.12. The summed E-state index contributed by atoms with van der Waals surface area (Å²) < 4.78 is 296. The number of aromatic nitrogens is 1. The van der Waals surface area contributed by atoms with Gasteiger partial charge in [-0.25, -0.2) is 92.4 Å². The Labute approximate surface area is 364 Å². The minimum Gasteiger partial charge on any atom is -0.207 e. The zero-order valence-electron chi connectivity index (χ0n) is 33.6. The molecule has 6 aromatic carbocycles. The van der Waals surface area contributed by atoms with Gasteiger partial charge in [-0.3, -0.25) is 0 Å². The van der Waals surface area contributed by atoms with Gasteiger partial charge in [-0.2, -0.15) is 0 Å². The lowest BCUT2D eigenvalue weighted by molar-refractivity contribution is -0.688. The van der Waals surface area contributed by atoms with Gasteiger partial charge < -0.3 is 0 Å². The fourth-order valence-electron chi connectivity index (χ4n) is 8.03. The van der Waals surface area contributed by atoms with Crippen LogP contribution in [0.4, 0.5) is 87.8 Å². The SMILES string of the molecule is Cc1cc(C)c(-c2cc[n+](Cc3ccccc3)cc2)c(C)c1.Fc1c(F)c(F)c([B-](c2c(F)c(F)c(F)c(F)c2F)(c2c(F)c(F)c(F)c(F)c2F)c2c(F)c(F)c(F)c(F)c2F)c(F)c1F. The van der Waals surface area contributed by atoms with E-state index in [0.29, 0.717) is 0 Å². The molecule has 67 heavy (non-hydrogen) atoms. The zero-order chi connectivity index (χ0) is 49.9. The first kappa shape index (κ1) is 49.6. The van der Waals surface area contributed by atoms with E-state index in [1.807, 2.05) is 0 Å². The molecule has 350 valence electrons. The maximum atomic E-state index is 15.4. The van der Waals surface area contributed by atoms with E-state index in [-0.39, 0.29) is 0 Å². The van der Waals surface area contributed by atoms with Gasteiger partial charge in [0.25, 0.3) is 0 Å². The van der Waals surface area contributed by atoms with Crippen molar-refractivity contribution in [1.82, 2.24) is 0 Å². The minimum atomic E-state index is -7.22. The quantitative estimate of drug-likeness (QED) is 0.0493. The predicted molar refractivity (Wildman–Crippen MR) is 201 cm³/mol. The van der Waals surface area contributed by atoms with Crippen molar-refractivity contribution in [3.05, 3.63) is 206 Å². The molecule has 0 radical (unpaired) electrons. The third-order valence-corrected chi connectivity index (χ3v) is 10.8. The summed E-state index contributed by atoms with van der Waals surface area (Å²) in [6.07, 6.45) is -2.88. The smallest absolute Gasteiger partial charge is 0.200 e. The standard InChI is InChI=1S/C24BF20.C21H22N/c26-5-1(6(27)14(35)21(42)13(5)34)25(2-7(28)15(36)22(43)16(37)8(2)29,3-9(30)17(38)23(44)18(39)10(3)31)4-11(32)19(40)24(45)20(41)12(4)33;1-16-13-17(2)21(18(3)14-16)20-9-11-22(12-10-20)15-19-7-5-4-6-8-19/h;4-14H,15H2,1-3H3/q-1;+1. The van der Waals surface area contributed by atoms with E-state index in [1.54, 1.807) is 0 Å². The maximum Gasteiger partial charge on any atom is 0.200 e. The van der Waals surface area contributed by atoms with Crippen LogP contribution in [0.5, 0.6) is 0 Å². The average Bonchev–Trinajstić information content (AvgIpc) is 3.29. The molecule has 0 saturated carbocycles. The van der Waals surface area contributed by atoms with Crippen LogP contribution in [0.1, 0.15) is 22.3 Å². The Balaban J connectivity index is 0.000000279. The molecular formula is C45H22BF20N. The first-order chi connectivity index (χ1) is 31.3. The molecule has 0 amide bonds. The molecule has 7 rings (SSSR count). The molecule has 1 heterocycles. The molecule has 0 N–H and O–H groups in total. The Bertz CT molecular complexity index is 2720. The largest absolute Gasteiger partial charge is 0.207 e. The summed E-state index contributed by atoms with van der Waals surface area (Å²) in [6.45, 7) is 7.45. The first-order valence-corrected chi connectivity index (χ1v) is 18.7. The Morgan fingerprint density at radius 2 is 0.597 bits per heavy atom. The summed E-state index contributed by atoms with van der Waals surface area (Å²) in [5.74, 6) is -71.4. The van der Waals surface area contributed by atoms with Crippen LogP contribution in [0, 0.1) is 137 Å². The van der Waals surface area contributed by atoms with Gasteiger partial charge in [0.1, 0.15) is 52.7 Å². The molecule has 0 aliphatic heterocycles. The van der Waals surface area contributed by atoms with E-state index in [2.05, 4.69) is 92.3 Å². The van der Waals surface area contributed by atoms with Crippen LogP contribution in [0.15, 0.2) is 67.0 Å². The molecule has 22 heteroatoms. The normalized spacial score (nSPS) is 11.6. The lowest BCUT2D eigenvalue weighted by Gasteiger charge is -2.44. The molecule has 1 aromatic heterocycles. The Kier molecular flexibility index (Phi) is 13.6. The lowest BCUT2D eigenvalue weighted by Crippen LogP contribution is -2.81. The van der Waals surface area contributed by atoms with E-state index in [4.69, 9.17) is 0 Å². The van der Waals surface area contributed by atoms with Gasteiger partial charge in [0.15, 0.2) is 88.7 Å². The van der Waals surface area contributed by atoms with Crippen LogP contribution in [0.2, 0.25) is 0 Å². The van der Waals surface area contributed by atoms with Gasteiger partial charge in [-0.15, -0.1) is 21.9 Å². The van der Waals surface area contributed by atoms with Crippen molar-refractivity contribution in [1.29, 1.82) is 0 Å². The van der Waals surface area contributed by atoms with E-state index in [0.717, 1.165) is 6.54 Å². The second-order valence-corrected chi connectivity index (χ2v) is 14.8. The highest BCUT2D eigenvalue weighted by atomic mass is 19.2. The first-order valence-electron chi connectivity index (χ1n) is 18.7. The van der Waals surface area contributed by atoms with Gasteiger partial charge in [0.2, 0.25) is 0 Å². The zero-order valence-corrected chi connectivity index (χ0v) is 33.6. The predicted octanol–water partition coefficient (Wildman–Crippen LogP) is 10.5. The summed E-state index contributed by atoms with van der Waals surface area (Å²) in [5, 5.41) is 0. The molecule has 7 aromatic rings. The molecule has 0 bridgehead atoms.